The van der Waals surface area contributed by atoms with Crippen LogP contribution in [0, 0.1) is 6.92 Å². The van der Waals surface area contributed by atoms with Crippen molar-refractivity contribution >= 4 is 16.8 Å². The Balaban J connectivity index is 1.65. The first kappa shape index (κ1) is 20.5. The molecule has 0 spiro atoms. The van der Waals surface area contributed by atoms with Gasteiger partial charge in [-0.15, -0.1) is 0 Å². The van der Waals surface area contributed by atoms with Crippen LogP contribution < -0.4 is 9.47 Å². The number of benzene rings is 3. The standard InChI is InChI=1S/C26H26N2O3/c1-18-7-6-8-21(15-18)31-17-25(29)28(2)26(19-11-13-20(30-3)14-12-19)23-16-27-24-10-5-4-9-22(23)24/h4-16,26-27H,17H2,1-3H3/t26-/m1/s1. The van der Waals surface area contributed by atoms with Crippen LogP contribution in [0.1, 0.15) is 22.7 Å². The summed E-state index contributed by atoms with van der Waals surface area (Å²) in [4.78, 5) is 18.2. The number of rotatable bonds is 7. The molecular weight excluding hydrogens is 388 g/mol. The smallest absolute Gasteiger partial charge is 0.261 e. The zero-order chi connectivity index (χ0) is 21.8. The number of aryl methyl sites for hydroxylation is 1. The molecule has 0 aliphatic rings. The molecule has 31 heavy (non-hydrogen) atoms. The number of hydrogen-bond donors (Lipinski definition) is 1. The van der Waals surface area contributed by atoms with E-state index in [1.54, 1.807) is 12.0 Å². The van der Waals surface area contributed by atoms with Crippen LogP contribution in [-0.2, 0) is 4.79 Å². The number of aromatic amines is 1. The SMILES string of the molecule is COc1ccc([C@H](c2c[nH]c3ccccc23)N(C)C(=O)COc2cccc(C)c2)cc1. The molecular formula is C26H26N2O3. The number of amides is 1. The van der Waals surface area contributed by atoms with E-state index in [0.29, 0.717) is 5.75 Å². The van der Waals surface area contributed by atoms with Gasteiger partial charge in [0, 0.05) is 29.7 Å². The number of ether oxygens (including phenoxy) is 2. The quantitative estimate of drug-likeness (QED) is 0.457. The molecule has 4 rings (SSSR count). The topological polar surface area (TPSA) is 54.6 Å². The van der Waals surface area contributed by atoms with Gasteiger partial charge in [-0.3, -0.25) is 4.79 Å². The monoisotopic (exact) mass is 414 g/mol. The Morgan fingerprint density at radius 2 is 1.77 bits per heavy atom. The first-order chi connectivity index (χ1) is 15.1. The molecule has 1 atom stereocenters. The number of nitrogens with one attached hydrogen (secondary N) is 1. The summed E-state index contributed by atoms with van der Waals surface area (Å²) in [5.41, 5.74) is 4.16. The average Bonchev–Trinajstić information content (AvgIpc) is 3.22. The van der Waals surface area contributed by atoms with Crippen LogP contribution in [0.25, 0.3) is 10.9 Å². The lowest BCUT2D eigenvalue weighted by Gasteiger charge is -2.29. The molecule has 0 saturated heterocycles. The number of methoxy groups -OCH3 is 1. The lowest BCUT2D eigenvalue weighted by atomic mass is 9.96. The third kappa shape index (κ3) is 4.40. The van der Waals surface area contributed by atoms with Crippen molar-refractivity contribution in [3.63, 3.8) is 0 Å². The molecule has 158 valence electrons. The zero-order valence-corrected chi connectivity index (χ0v) is 18.0. The van der Waals surface area contributed by atoms with Crippen LogP contribution in [0.3, 0.4) is 0 Å². The minimum atomic E-state index is -0.268. The fourth-order valence-electron chi connectivity index (χ4n) is 3.81. The van der Waals surface area contributed by atoms with E-state index in [1.807, 2.05) is 86.9 Å². The largest absolute Gasteiger partial charge is 0.497 e. The van der Waals surface area contributed by atoms with Crippen molar-refractivity contribution in [3.05, 3.63) is 95.7 Å². The van der Waals surface area contributed by atoms with Crippen LogP contribution >= 0.6 is 0 Å². The van der Waals surface area contributed by atoms with Crippen LogP contribution in [0.15, 0.2) is 79.0 Å². The maximum atomic E-state index is 13.1. The number of aromatic nitrogens is 1. The van der Waals surface area contributed by atoms with E-state index >= 15 is 0 Å². The normalized spacial score (nSPS) is 11.8. The van der Waals surface area contributed by atoms with Crippen molar-refractivity contribution in [3.8, 4) is 11.5 Å². The van der Waals surface area contributed by atoms with Gasteiger partial charge in [-0.05, 0) is 48.4 Å². The summed E-state index contributed by atoms with van der Waals surface area (Å²) in [6, 6.07) is 23.4. The molecule has 0 fully saturated rings. The van der Waals surface area contributed by atoms with E-state index in [-0.39, 0.29) is 18.6 Å². The highest BCUT2D eigenvalue weighted by Gasteiger charge is 2.26. The molecule has 0 saturated carbocycles. The van der Waals surface area contributed by atoms with Crippen LogP contribution in [0.5, 0.6) is 11.5 Å². The van der Waals surface area contributed by atoms with Crippen molar-refractivity contribution in [1.82, 2.24) is 9.88 Å². The number of fused-ring (bicyclic) bond motifs is 1. The summed E-state index contributed by atoms with van der Waals surface area (Å²) in [5, 5.41) is 1.09. The first-order valence-electron chi connectivity index (χ1n) is 10.2. The van der Waals surface area contributed by atoms with Crippen molar-refractivity contribution in [1.29, 1.82) is 0 Å². The number of carbonyl (C=O) groups excluding carboxylic acids is 1. The van der Waals surface area contributed by atoms with Gasteiger partial charge in [0.2, 0.25) is 0 Å². The summed E-state index contributed by atoms with van der Waals surface area (Å²) < 4.78 is 11.1. The average molecular weight is 415 g/mol. The molecule has 1 N–H and O–H groups in total. The highest BCUT2D eigenvalue weighted by Crippen LogP contribution is 2.34. The van der Waals surface area contributed by atoms with Gasteiger partial charge in [0.05, 0.1) is 13.2 Å². The van der Waals surface area contributed by atoms with E-state index < -0.39 is 0 Å². The molecule has 0 aliphatic heterocycles. The molecule has 0 unspecified atom stereocenters. The Hall–Kier alpha value is -3.73. The van der Waals surface area contributed by atoms with Gasteiger partial charge in [0.25, 0.3) is 5.91 Å². The Morgan fingerprint density at radius 1 is 1.00 bits per heavy atom. The number of likely N-dealkylation sites (N-methyl/N-ethyl adjacent to an activating group) is 1. The van der Waals surface area contributed by atoms with E-state index in [4.69, 9.17) is 9.47 Å². The molecule has 0 bridgehead atoms. The van der Waals surface area contributed by atoms with Crippen LogP contribution in [0.4, 0.5) is 0 Å². The summed E-state index contributed by atoms with van der Waals surface area (Å²) in [6.07, 6.45) is 1.98. The number of H-pyrrole nitrogens is 1. The zero-order valence-electron chi connectivity index (χ0n) is 18.0. The maximum Gasteiger partial charge on any atom is 0.261 e. The fraction of sp³-hybridized carbons (Fsp3) is 0.192. The molecule has 5 heteroatoms. The second-order valence-corrected chi connectivity index (χ2v) is 7.58. The molecule has 1 amide bonds. The third-order valence-corrected chi connectivity index (χ3v) is 5.48. The third-order valence-electron chi connectivity index (χ3n) is 5.48. The van der Waals surface area contributed by atoms with E-state index in [1.165, 1.54) is 0 Å². The van der Waals surface area contributed by atoms with Gasteiger partial charge in [-0.2, -0.15) is 0 Å². The molecule has 3 aromatic carbocycles. The minimum Gasteiger partial charge on any atom is -0.497 e. The molecule has 0 aliphatic carbocycles. The van der Waals surface area contributed by atoms with E-state index in [0.717, 1.165) is 33.3 Å². The van der Waals surface area contributed by atoms with Gasteiger partial charge < -0.3 is 19.4 Å². The number of carbonyl (C=O) groups is 1. The molecule has 5 nitrogen and oxygen atoms in total. The van der Waals surface area contributed by atoms with Gasteiger partial charge in [0.1, 0.15) is 11.5 Å². The summed E-state index contributed by atoms with van der Waals surface area (Å²) >= 11 is 0. The molecule has 1 aromatic heterocycles. The second-order valence-electron chi connectivity index (χ2n) is 7.58. The summed E-state index contributed by atoms with van der Waals surface area (Å²) in [5.74, 6) is 1.36. The number of nitrogens with zero attached hydrogens (tertiary/aromatic N) is 1. The first-order valence-corrected chi connectivity index (χ1v) is 10.2. The Morgan fingerprint density at radius 3 is 2.52 bits per heavy atom. The molecule has 0 radical (unpaired) electrons. The van der Waals surface area contributed by atoms with Gasteiger partial charge in [-0.25, -0.2) is 0 Å². The van der Waals surface area contributed by atoms with Gasteiger partial charge in [-0.1, -0.05) is 42.5 Å². The Bertz CT molecular complexity index is 1180. The predicted octanol–water partition coefficient (Wildman–Crippen LogP) is 5.11. The highest BCUT2D eigenvalue weighted by atomic mass is 16.5. The van der Waals surface area contributed by atoms with Crippen molar-refractivity contribution in [2.75, 3.05) is 20.8 Å². The Labute approximate surface area is 182 Å². The minimum absolute atomic E-state index is 0.0328. The van der Waals surface area contributed by atoms with Gasteiger partial charge >= 0.3 is 0 Å². The fourth-order valence-corrected chi connectivity index (χ4v) is 3.81. The predicted molar refractivity (Wildman–Crippen MR) is 123 cm³/mol. The molecule has 1 heterocycles. The Kier molecular flexibility index (Phi) is 5.94. The number of para-hydroxylation sites is 1. The van der Waals surface area contributed by atoms with Crippen molar-refractivity contribution in [2.24, 2.45) is 0 Å². The van der Waals surface area contributed by atoms with Crippen LogP contribution in [0.2, 0.25) is 0 Å². The lowest BCUT2D eigenvalue weighted by molar-refractivity contribution is -0.133. The second kappa shape index (κ2) is 8.96. The summed E-state index contributed by atoms with van der Waals surface area (Å²) in [6.45, 7) is 1.96. The maximum absolute atomic E-state index is 13.1. The summed E-state index contributed by atoms with van der Waals surface area (Å²) in [7, 11) is 3.46. The van der Waals surface area contributed by atoms with Crippen LogP contribution in [-0.4, -0.2) is 36.6 Å². The van der Waals surface area contributed by atoms with Crippen molar-refractivity contribution in [2.45, 2.75) is 13.0 Å². The van der Waals surface area contributed by atoms with E-state index in [2.05, 4.69) is 11.1 Å². The van der Waals surface area contributed by atoms with Crippen molar-refractivity contribution < 1.29 is 14.3 Å². The number of hydrogen-bond acceptors (Lipinski definition) is 3. The lowest BCUT2D eigenvalue weighted by Crippen LogP contribution is -2.35. The van der Waals surface area contributed by atoms with E-state index in [9.17, 15) is 4.79 Å². The van der Waals surface area contributed by atoms with Gasteiger partial charge in [0.15, 0.2) is 6.61 Å². The highest BCUT2D eigenvalue weighted by molar-refractivity contribution is 5.85. The molecule has 4 aromatic rings.